The zero-order valence-electron chi connectivity index (χ0n) is 10.5. The van der Waals surface area contributed by atoms with E-state index in [-0.39, 0.29) is 17.8 Å². The molecule has 0 aliphatic carbocycles. The van der Waals surface area contributed by atoms with E-state index >= 15 is 0 Å². The van der Waals surface area contributed by atoms with E-state index < -0.39 is 24.2 Å². The van der Waals surface area contributed by atoms with Crippen LogP contribution in [0, 0.1) is 0 Å². The quantitative estimate of drug-likeness (QED) is 0.892. The third-order valence-corrected chi connectivity index (χ3v) is 4.34. The van der Waals surface area contributed by atoms with Gasteiger partial charge in [0.1, 0.15) is 11.4 Å². The van der Waals surface area contributed by atoms with Gasteiger partial charge < -0.3 is 10.4 Å². The summed E-state index contributed by atoms with van der Waals surface area (Å²) in [4.78, 5) is 11.8. The smallest absolute Gasteiger partial charge is 0.410 e. The Balaban J connectivity index is 2.07. The van der Waals surface area contributed by atoms with Crippen molar-refractivity contribution in [2.75, 3.05) is 5.32 Å². The number of thiophene rings is 1. The molecule has 3 rings (SSSR count). The largest absolute Gasteiger partial charge is 0.477 e. The van der Waals surface area contributed by atoms with Crippen molar-refractivity contribution in [3.63, 3.8) is 0 Å². The number of rotatable bonds is 2. The van der Waals surface area contributed by atoms with Gasteiger partial charge in [-0.2, -0.15) is 18.3 Å². The molecule has 0 saturated heterocycles. The number of hydrogen-bond donors (Lipinski definition) is 2. The molecule has 0 unspecified atom stereocenters. The van der Waals surface area contributed by atoms with Gasteiger partial charge in [0.25, 0.3) is 0 Å². The Hall–Kier alpha value is -2.03. The van der Waals surface area contributed by atoms with E-state index in [0.29, 0.717) is 4.68 Å². The lowest BCUT2D eigenvalue weighted by molar-refractivity contribution is -0.173. The fourth-order valence-corrected chi connectivity index (χ4v) is 3.19. The van der Waals surface area contributed by atoms with Crippen molar-refractivity contribution in [2.45, 2.75) is 24.7 Å². The number of nitrogens with zero attached hydrogens (tertiary/aromatic N) is 2. The first-order chi connectivity index (χ1) is 9.88. The van der Waals surface area contributed by atoms with Gasteiger partial charge in [0.2, 0.25) is 0 Å². The Labute approximate surface area is 121 Å². The first kappa shape index (κ1) is 13.9. The molecular formula is C12H10F3N3O2S. The first-order valence-corrected chi connectivity index (χ1v) is 6.93. The average molecular weight is 317 g/mol. The maximum absolute atomic E-state index is 13.2. The van der Waals surface area contributed by atoms with Crippen LogP contribution in [0.5, 0.6) is 0 Å². The normalized spacial score (nSPS) is 21.7. The van der Waals surface area contributed by atoms with Gasteiger partial charge in [-0.05, 0) is 11.4 Å². The van der Waals surface area contributed by atoms with Crippen molar-refractivity contribution in [1.29, 1.82) is 0 Å². The molecular weight excluding hydrogens is 307 g/mol. The maximum atomic E-state index is 13.2. The molecule has 0 amide bonds. The summed E-state index contributed by atoms with van der Waals surface area (Å²) in [7, 11) is 0. The zero-order valence-corrected chi connectivity index (χ0v) is 11.3. The molecule has 2 aromatic heterocycles. The number of alkyl halides is 3. The topological polar surface area (TPSA) is 67.1 Å². The van der Waals surface area contributed by atoms with Crippen molar-refractivity contribution in [3.05, 3.63) is 34.2 Å². The van der Waals surface area contributed by atoms with Gasteiger partial charge in [0, 0.05) is 11.3 Å². The van der Waals surface area contributed by atoms with E-state index in [1.54, 1.807) is 17.5 Å². The van der Waals surface area contributed by atoms with Gasteiger partial charge in [-0.25, -0.2) is 9.48 Å². The molecule has 9 heteroatoms. The molecule has 2 atom stereocenters. The molecule has 0 spiro atoms. The van der Waals surface area contributed by atoms with Gasteiger partial charge in [-0.1, -0.05) is 6.07 Å². The summed E-state index contributed by atoms with van der Waals surface area (Å²) < 4.78 is 40.4. The number of anilines is 1. The van der Waals surface area contributed by atoms with Crippen LogP contribution in [0.3, 0.4) is 0 Å². The van der Waals surface area contributed by atoms with Gasteiger partial charge in [-0.15, -0.1) is 11.3 Å². The third kappa shape index (κ3) is 2.37. The highest BCUT2D eigenvalue weighted by Crippen LogP contribution is 2.44. The Morgan fingerprint density at radius 1 is 1.52 bits per heavy atom. The highest BCUT2D eigenvalue weighted by Gasteiger charge is 2.47. The van der Waals surface area contributed by atoms with Crippen molar-refractivity contribution in [2.24, 2.45) is 0 Å². The van der Waals surface area contributed by atoms with Crippen LogP contribution in [0.1, 0.15) is 33.7 Å². The lowest BCUT2D eigenvalue weighted by atomic mass is 10.0. The van der Waals surface area contributed by atoms with Gasteiger partial charge in [0.15, 0.2) is 6.04 Å². The zero-order chi connectivity index (χ0) is 15.2. The Kier molecular flexibility index (Phi) is 3.16. The highest BCUT2D eigenvalue weighted by atomic mass is 32.1. The summed E-state index contributed by atoms with van der Waals surface area (Å²) in [5.74, 6) is -1.41. The molecule has 2 N–H and O–H groups in total. The van der Waals surface area contributed by atoms with Crippen LogP contribution in [-0.4, -0.2) is 27.0 Å². The molecule has 0 saturated carbocycles. The summed E-state index contributed by atoms with van der Waals surface area (Å²) in [6, 6.07) is 1.05. The van der Waals surface area contributed by atoms with Crippen LogP contribution < -0.4 is 5.32 Å². The second-order valence-electron chi connectivity index (χ2n) is 4.66. The Bertz CT molecular complexity index is 666. The number of carboxylic acid groups (broad SMARTS) is 1. The van der Waals surface area contributed by atoms with Crippen molar-refractivity contribution < 1.29 is 23.1 Å². The number of fused-ring (bicyclic) bond motifs is 1. The summed E-state index contributed by atoms with van der Waals surface area (Å²) in [5, 5.41) is 17.3. The van der Waals surface area contributed by atoms with E-state index in [4.69, 9.17) is 5.11 Å². The molecule has 0 fully saturated rings. The lowest BCUT2D eigenvalue weighted by Crippen LogP contribution is -2.35. The standard InChI is InChI=1S/C12H10F3N3O2S/c13-12(14,15)9-4-7(8-2-1-3-21-8)17-10-6(11(19)20)5-16-18(9)10/h1-3,5,7,9,17H,4H2,(H,19,20)/t7-,9-/m1/s1. The minimum Gasteiger partial charge on any atom is -0.477 e. The Morgan fingerprint density at radius 2 is 2.29 bits per heavy atom. The van der Waals surface area contributed by atoms with Crippen LogP contribution in [-0.2, 0) is 0 Å². The van der Waals surface area contributed by atoms with Gasteiger partial charge in [0.05, 0.1) is 12.2 Å². The molecule has 0 aromatic carbocycles. The average Bonchev–Trinajstić information content (AvgIpc) is 3.05. The first-order valence-electron chi connectivity index (χ1n) is 6.05. The molecule has 0 bridgehead atoms. The predicted molar refractivity (Wildman–Crippen MR) is 69.6 cm³/mol. The van der Waals surface area contributed by atoms with E-state index in [0.717, 1.165) is 11.1 Å². The number of aromatic nitrogens is 2. The van der Waals surface area contributed by atoms with Crippen LogP contribution in [0.15, 0.2) is 23.7 Å². The van der Waals surface area contributed by atoms with E-state index in [1.807, 2.05) is 0 Å². The minimum atomic E-state index is -4.49. The van der Waals surface area contributed by atoms with Crippen molar-refractivity contribution in [1.82, 2.24) is 9.78 Å². The fraction of sp³-hybridized carbons (Fsp3) is 0.333. The fourth-order valence-electron chi connectivity index (χ4n) is 2.40. The summed E-state index contributed by atoms with van der Waals surface area (Å²) in [5.41, 5.74) is -0.259. The van der Waals surface area contributed by atoms with Gasteiger partial charge >= 0.3 is 12.1 Å². The highest BCUT2D eigenvalue weighted by molar-refractivity contribution is 7.10. The SMILES string of the molecule is O=C(O)c1cnn2c1N[C@@H](c1cccs1)C[C@@H]2C(F)(F)F. The molecule has 1 aliphatic rings. The van der Waals surface area contributed by atoms with Crippen LogP contribution >= 0.6 is 11.3 Å². The predicted octanol–water partition coefficient (Wildman–Crippen LogP) is 3.30. The van der Waals surface area contributed by atoms with E-state index in [1.165, 1.54) is 11.3 Å². The molecule has 0 radical (unpaired) electrons. The molecule has 2 aromatic rings. The van der Waals surface area contributed by atoms with Crippen LogP contribution in [0.4, 0.5) is 19.0 Å². The molecule has 112 valence electrons. The maximum Gasteiger partial charge on any atom is 0.410 e. The van der Waals surface area contributed by atoms with E-state index in [2.05, 4.69) is 10.4 Å². The number of carbonyl (C=O) groups is 1. The monoisotopic (exact) mass is 317 g/mol. The minimum absolute atomic E-state index is 0.102. The van der Waals surface area contributed by atoms with Gasteiger partial charge in [-0.3, -0.25) is 0 Å². The lowest BCUT2D eigenvalue weighted by Gasteiger charge is -2.33. The van der Waals surface area contributed by atoms with E-state index in [9.17, 15) is 18.0 Å². The molecule has 3 heterocycles. The number of halogens is 3. The van der Waals surface area contributed by atoms with Crippen molar-refractivity contribution >= 4 is 23.1 Å². The van der Waals surface area contributed by atoms with Crippen LogP contribution in [0.2, 0.25) is 0 Å². The summed E-state index contributed by atoms with van der Waals surface area (Å²) in [6.07, 6.45) is -3.77. The number of nitrogens with one attached hydrogen (secondary N) is 1. The second-order valence-corrected chi connectivity index (χ2v) is 5.64. The Morgan fingerprint density at radius 3 is 2.86 bits per heavy atom. The molecule has 21 heavy (non-hydrogen) atoms. The molecule has 5 nitrogen and oxygen atoms in total. The number of carboxylic acids is 1. The number of hydrogen-bond acceptors (Lipinski definition) is 4. The van der Waals surface area contributed by atoms with Crippen LogP contribution in [0.25, 0.3) is 0 Å². The second kappa shape index (κ2) is 4.76. The molecule has 1 aliphatic heterocycles. The number of aromatic carboxylic acids is 1. The third-order valence-electron chi connectivity index (χ3n) is 3.36. The summed E-state index contributed by atoms with van der Waals surface area (Å²) in [6.45, 7) is 0. The summed E-state index contributed by atoms with van der Waals surface area (Å²) >= 11 is 1.33. The van der Waals surface area contributed by atoms with Crippen molar-refractivity contribution in [3.8, 4) is 0 Å².